The maximum absolute atomic E-state index is 14.7. The van der Waals surface area contributed by atoms with Gasteiger partial charge >= 0.3 is 0 Å². The van der Waals surface area contributed by atoms with E-state index >= 15 is 0 Å². The quantitative estimate of drug-likeness (QED) is 0.445. The molecule has 0 aliphatic heterocycles. The van der Waals surface area contributed by atoms with Crippen molar-refractivity contribution >= 4 is 27.9 Å². The highest BCUT2D eigenvalue weighted by atomic mass is 19.1. The highest BCUT2D eigenvalue weighted by Crippen LogP contribution is 2.26. The molecule has 0 aliphatic rings. The van der Waals surface area contributed by atoms with Gasteiger partial charge in [0.25, 0.3) is 5.56 Å². The summed E-state index contributed by atoms with van der Waals surface area (Å²) in [6.07, 6.45) is 2.74. The number of H-pyrrole nitrogens is 1. The summed E-state index contributed by atoms with van der Waals surface area (Å²) in [6.45, 7) is 1.63. The summed E-state index contributed by atoms with van der Waals surface area (Å²) in [5, 5.41) is 2.69. The SMILES string of the molecule is C[C@@H](Nc1ncnc2nc[nH]c12)c1nc2cccc(F)c2c(=O)n1-c1c(F)cccc1F. The fourth-order valence-corrected chi connectivity index (χ4v) is 3.56. The molecule has 0 fully saturated rings. The summed E-state index contributed by atoms with van der Waals surface area (Å²) in [6, 6.07) is 6.36. The first-order valence-electron chi connectivity index (χ1n) is 9.52. The maximum atomic E-state index is 14.7. The average Bonchev–Trinajstić information content (AvgIpc) is 3.24. The van der Waals surface area contributed by atoms with E-state index in [-0.39, 0.29) is 16.7 Å². The number of hydrogen-bond acceptors (Lipinski definition) is 6. The van der Waals surface area contributed by atoms with Crippen molar-refractivity contribution in [2.45, 2.75) is 13.0 Å². The van der Waals surface area contributed by atoms with E-state index in [1.807, 2.05) is 0 Å². The van der Waals surface area contributed by atoms with Crippen molar-refractivity contribution in [2.24, 2.45) is 0 Å². The van der Waals surface area contributed by atoms with Crippen LogP contribution in [0.15, 0.2) is 53.8 Å². The van der Waals surface area contributed by atoms with Gasteiger partial charge in [0.2, 0.25) is 0 Å². The van der Waals surface area contributed by atoms with Crippen molar-refractivity contribution in [3.63, 3.8) is 0 Å². The van der Waals surface area contributed by atoms with Crippen LogP contribution < -0.4 is 10.9 Å². The second-order valence-electron chi connectivity index (χ2n) is 7.00. The van der Waals surface area contributed by atoms with E-state index in [0.717, 1.165) is 22.8 Å². The van der Waals surface area contributed by atoms with Crippen molar-refractivity contribution in [3.8, 4) is 5.69 Å². The number of anilines is 1. The van der Waals surface area contributed by atoms with E-state index in [9.17, 15) is 18.0 Å². The molecule has 0 aliphatic carbocycles. The highest BCUT2D eigenvalue weighted by molar-refractivity contribution is 5.82. The molecule has 0 bridgehead atoms. The molecule has 0 saturated heterocycles. The van der Waals surface area contributed by atoms with Crippen LogP contribution in [0.3, 0.4) is 0 Å². The van der Waals surface area contributed by atoms with Gasteiger partial charge in [0.1, 0.15) is 46.2 Å². The van der Waals surface area contributed by atoms with Gasteiger partial charge in [-0.25, -0.2) is 33.1 Å². The van der Waals surface area contributed by atoms with Crippen LogP contribution in [0.4, 0.5) is 19.0 Å². The molecule has 160 valence electrons. The molecular formula is C21H14F3N7O. The molecule has 0 spiro atoms. The monoisotopic (exact) mass is 437 g/mol. The molecule has 1 atom stereocenters. The molecular weight excluding hydrogens is 423 g/mol. The number of hydrogen-bond donors (Lipinski definition) is 2. The minimum Gasteiger partial charge on any atom is -0.358 e. The zero-order chi connectivity index (χ0) is 22.4. The van der Waals surface area contributed by atoms with Crippen molar-refractivity contribution in [2.75, 3.05) is 5.32 Å². The number of rotatable bonds is 4. The van der Waals surface area contributed by atoms with E-state index in [1.54, 1.807) is 6.92 Å². The number of imidazole rings is 1. The molecule has 3 heterocycles. The molecule has 0 amide bonds. The standard InChI is InChI=1S/C21H14F3N7O/c1-10(29-19-16-18(26-8-25-16)27-9-28-19)20-30-14-7-3-4-11(22)15(14)21(32)31(20)17-12(23)5-2-6-13(17)24/h2-10H,1H3,(H2,25,26,27,28,29)/t10-/m1/s1. The first-order chi connectivity index (χ1) is 15.5. The summed E-state index contributed by atoms with van der Waals surface area (Å²) in [4.78, 5) is 32.8. The number of halogens is 3. The Morgan fingerprint density at radius 1 is 1.00 bits per heavy atom. The third-order valence-corrected chi connectivity index (χ3v) is 5.00. The molecule has 5 rings (SSSR count). The van der Waals surface area contributed by atoms with Gasteiger partial charge in [-0.2, -0.15) is 0 Å². The number of aromatic amines is 1. The summed E-state index contributed by atoms with van der Waals surface area (Å²) < 4.78 is 44.6. The summed E-state index contributed by atoms with van der Waals surface area (Å²) >= 11 is 0. The van der Waals surface area contributed by atoms with Crippen LogP contribution >= 0.6 is 0 Å². The van der Waals surface area contributed by atoms with Crippen molar-refractivity contribution < 1.29 is 13.2 Å². The molecule has 3 aromatic heterocycles. The Morgan fingerprint density at radius 3 is 2.50 bits per heavy atom. The van der Waals surface area contributed by atoms with E-state index < -0.39 is 34.7 Å². The van der Waals surface area contributed by atoms with Crippen LogP contribution in [0, 0.1) is 17.5 Å². The van der Waals surface area contributed by atoms with Crippen LogP contribution in [0.25, 0.3) is 27.8 Å². The van der Waals surface area contributed by atoms with Gasteiger partial charge in [-0.1, -0.05) is 12.1 Å². The van der Waals surface area contributed by atoms with Gasteiger partial charge in [0.05, 0.1) is 17.9 Å². The first-order valence-corrected chi connectivity index (χ1v) is 9.52. The largest absolute Gasteiger partial charge is 0.358 e. The van der Waals surface area contributed by atoms with Gasteiger partial charge in [0, 0.05) is 0 Å². The predicted octanol–water partition coefficient (Wildman–Crippen LogP) is 3.64. The number of para-hydroxylation sites is 1. The fraction of sp³-hybridized carbons (Fsp3) is 0.0952. The van der Waals surface area contributed by atoms with Crippen molar-refractivity contribution in [3.05, 3.63) is 82.7 Å². The molecule has 32 heavy (non-hydrogen) atoms. The molecule has 8 nitrogen and oxygen atoms in total. The van der Waals surface area contributed by atoms with Crippen LogP contribution in [-0.4, -0.2) is 29.5 Å². The molecule has 11 heteroatoms. The lowest BCUT2D eigenvalue weighted by Gasteiger charge is -2.20. The lowest BCUT2D eigenvalue weighted by atomic mass is 10.2. The first kappa shape index (κ1) is 19.7. The number of aromatic nitrogens is 6. The second-order valence-corrected chi connectivity index (χ2v) is 7.00. The lowest BCUT2D eigenvalue weighted by molar-refractivity contribution is 0.557. The van der Waals surface area contributed by atoms with E-state index in [1.165, 1.54) is 30.9 Å². The second kappa shape index (κ2) is 7.45. The van der Waals surface area contributed by atoms with E-state index in [4.69, 9.17) is 0 Å². The van der Waals surface area contributed by atoms with Crippen LogP contribution in [0.1, 0.15) is 18.8 Å². The van der Waals surface area contributed by atoms with Crippen LogP contribution in [-0.2, 0) is 0 Å². The third-order valence-electron chi connectivity index (χ3n) is 5.00. The van der Waals surface area contributed by atoms with Crippen molar-refractivity contribution in [1.29, 1.82) is 0 Å². The number of nitrogens with zero attached hydrogens (tertiary/aromatic N) is 5. The summed E-state index contributed by atoms with van der Waals surface area (Å²) in [5.41, 5.74) is -0.623. The van der Waals surface area contributed by atoms with Gasteiger partial charge in [-0.15, -0.1) is 0 Å². The Balaban J connectivity index is 1.76. The zero-order valence-corrected chi connectivity index (χ0v) is 16.5. The number of benzene rings is 2. The van der Waals surface area contributed by atoms with E-state index in [0.29, 0.717) is 17.0 Å². The Labute approximate surface area is 177 Å². The van der Waals surface area contributed by atoms with E-state index in [2.05, 4.69) is 30.2 Å². The van der Waals surface area contributed by atoms with Gasteiger partial charge in [-0.05, 0) is 31.2 Å². The Hall–Kier alpha value is -4.28. The Bertz CT molecular complexity index is 1530. The topological polar surface area (TPSA) is 101 Å². The zero-order valence-electron chi connectivity index (χ0n) is 16.5. The predicted molar refractivity (Wildman–Crippen MR) is 111 cm³/mol. The lowest BCUT2D eigenvalue weighted by Crippen LogP contribution is -2.29. The van der Waals surface area contributed by atoms with Gasteiger partial charge in [-0.3, -0.25) is 9.36 Å². The maximum Gasteiger partial charge on any atom is 0.269 e. The third kappa shape index (κ3) is 3.06. The molecule has 2 N–H and O–H groups in total. The minimum absolute atomic E-state index is 0.0385. The van der Waals surface area contributed by atoms with Crippen molar-refractivity contribution in [1.82, 2.24) is 29.5 Å². The van der Waals surface area contributed by atoms with Crippen LogP contribution in [0.2, 0.25) is 0 Å². The molecule has 0 saturated carbocycles. The molecule has 0 radical (unpaired) electrons. The average molecular weight is 437 g/mol. The summed E-state index contributed by atoms with van der Waals surface area (Å²) in [7, 11) is 0. The molecule has 2 aromatic carbocycles. The molecule has 5 aromatic rings. The van der Waals surface area contributed by atoms with Gasteiger partial charge in [0.15, 0.2) is 11.5 Å². The molecule has 0 unspecified atom stereocenters. The number of nitrogens with one attached hydrogen (secondary N) is 2. The fourth-order valence-electron chi connectivity index (χ4n) is 3.56. The Kier molecular flexibility index (Phi) is 4.58. The van der Waals surface area contributed by atoms with Gasteiger partial charge < -0.3 is 10.3 Å². The summed E-state index contributed by atoms with van der Waals surface area (Å²) in [5.74, 6) is -2.52. The minimum atomic E-state index is -0.990. The Morgan fingerprint density at radius 2 is 1.72 bits per heavy atom. The normalized spacial score (nSPS) is 12.4. The van der Waals surface area contributed by atoms with Crippen LogP contribution in [0.5, 0.6) is 0 Å². The highest BCUT2D eigenvalue weighted by Gasteiger charge is 2.24. The number of fused-ring (bicyclic) bond motifs is 2. The smallest absolute Gasteiger partial charge is 0.269 e.